The molecule has 0 saturated carbocycles. The molecule has 1 aromatic rings. The standard InChI is InChI=1S/C10H6BrF2NO3/c11-3-6-1-5(4-14)2-7(17-10(12)13)8(6)9(15)16/h1-2,10H,3H2,(H,15,16). The average molecular weight is 306 g/mol. The smallest absolute Gasteiger partial charge is 0.387 e. The van der Waals surface area contributed by atoms with E-state index in [-0.39, 0.29) is 22.0 Å². The van der Waals surface area contributed by atoms with Gasteiger partial charge in [0.25, 0.3) is 0 Å². The summed E-state index contributed by atoms with van der Waals surface area (Å²) in [6.07, 6.45) is 0. The van der Waals surface area contributed by atoms with Gasteiger partial charge in [-0.1, -0.05) is 15.9 Å². The predicted octanol–water partition coefficient (Wildman–Crippen LogP) is 2.75. The highest BCUT2D eigenvalue weighted by atomic mass is 79.9. The van der Waals surface area contributed by atoms with Crippen LogP contribution in [0.15, 0.2) is 12.1 Å². The molecule has 0 saturated heterocycles. The Morgan fingerprint density at radius 1 is 1.59 bits per heavy atom. The van der Waals surface area contributed by atoms with Crippen LogP contribution >= 0.6 is 15.9 Å². The maximum atomic E-state index is 12.1. The van der Waals surface area contributed by atoms with E-state index >= 15 is 0 Å². The lowest BCUT2D eigenvalue weighted by Crippen LogP contribution is -2.10. The molecule has 1 N–H and O–H groups in total. The van der Waals surface area contributed by atoms with E-state index in [0.717, 1.165) is 6.07 Å². The molecule has 0 amide bonds. The lowest BCUT2D eigenvalue weighted by Gasteiger charge is -2.11. The Hall–Kier alpha value is -1.68. The molecule has 0 spiro atoms. The molecule has 1 aromatic carbocycles. The molecule has 0 atom stereocenters. The van der Waals surface area contributed by atoms with Crippen LogP contribution in [0.1, 0.15) is 21.5 Å². The zero-order valence-electron chi connectivity index (χ0n) is 8.28. The van der Waals surface area contributed by atoms with Crippen LogP contribution in [0.3, 0.4) is 0 Å². The van der Waals surface area contributed by atoms with E-state index in [1.807, 2.05) is 0 Å². The number of benzene rings is 1. The molecule has 17 heavy (non-hydrogen) atoms. The van der Waals surface area contributed by atoms with Crippen molar-refractivity contribution < 1.29 is 23.4 Å². The number of hydrogen-bond acceptors (Lipinski definition) is 3. The Kier molecular flexibility index (Phi) is 4.40. The molecule has 0 bridgehead atoms. The van der Waals surface area contributed by atoms with Gasteiger partial charge in [-0.15, -0.1) is 0 Å². The van der Waals surface area contributed by atoms with Crippen LogP contribution in [0.2, 0.25) is 0 Å². The van der Waals surface area contributed by atoms with Gasteiger partial charge >= 0.3 is 12.6 Å². The number of rotatable bonds is 4. The van der Waals surface area contributed by atoms with Gasteiger partial charge in [-0.05, 0) is 17.7 Å². The number of carbonyl (C=O) groups is 1. The summed E-state index contributed by atoms with van der Waals surface area (Å²) >= 11 is 3.02. The number of carboxylic acids is 1. The van der Waals surface area contributed by atoms with Gasteiger partial charge in [0.1, 0.15) is 11.3 Å². The van der Waals surface area contributed by atoms with Crippen LogP contribution in [0.5, 0.6) is 5.75 Å². The SMILES string of the molecule is N#Cc1cc(CBr)c(C(=O)O)c(OC(F)F)c1. The van der Waals surface area contributed by atoms with Gasteiger partial charge in [0.15, 0.2) is 0 Å². The van der Waals surface area contributed by atoms with Gasteiger partial charge in [0.2, 0.25) is 0 Å². The topological polar surface area (TPSA) is 70.3 Å². The summed E-state index contributed by atoms with van der Waals surface area (Å²) in [7, 11) is 0. The third kappa shape index (κ3) is 3.14. The maximum Gasteiger partial charge on any atom is 0.387 e. The maximum absolute atomic E-state index is 12.1. The summed E-state index contributed by atoms with van der Waals surface area (Å²) in [5, 5.41) is 17.7. The van der Waals surface area contributed by atoms with Crippen molar-refractivity contribution in [2.75, 3.05) is 0 Å². The lowest BCUT2D eigenvalue weighted by atomic mass is 10.0. The number of ether oxygens (including phenoxy) is 1. The van der Waals surface area contributed by atoms with Gasteiger partial charge in [0.05, 0.1) is 11.6 Å². The van der Waals surface area contributed by atoms with Crippen molar-refractivity contribution in [3.8, 4) is 11.8 Å². The second-order valence-electron chi connectivity index (χ2n) is 2.94. The summed E-state index contributed by atoms with van der Waals surface area (Å²) in [5.41, 5.74) is -0.117. The highest BCUT2D eigenvalue weighted by Crippen LogP contribution is 2.28. The molecular weight excluding hydrogens is 300 g/mol. The Labute approximate surface area is 104 Å². The molecule has 1 rings (SSSR count). The number of hydrogen-bond donors (Lipinski definition) is 1. The highest BCUT2D eigenvalue weighted by Gasteiger charge is 2.20. The number of halogens is 3. The van der Waals surface area contributed by atoms with Gasteiger partial charge in [-0.25, -0.2) is 4.79 Å². The third-order valence-corrected chi connectivity index (χ3v) is 2.49. The average Bonchev–Trinajstić information content (AvgIpc) is 2.26. The van der Waals surface area contributed by atoms with Crippen molar-refractivity contribution in [1.82, 2.24) is 0 Å². The molecule has 0 aliphatic carbocycles. The van der Waals surface area contributed by atoms with E-state index in [2.05, 4.69) is 20.7 Å². The minimum absolute atomic E-state index is 0.0556. The van der Waals surface area contributed by atoms with Gasteiger partial charge in [0, 0.05) is 5.33 Å². The van der Waals surface area contributed by atoms with Gasteiger partial charge in [-0.3, -0.25) is 0 Å². The fourth-order valence-corrected chi connectivity index (χ4v) is 1.72. The van der Waals surface area contributed by atoms with Crippen LogP contribution in [0, 0.1) is 11.3 Å². The monoisotopic (exact) mass is 305 g/mol. The molecule has 0 aliphatic rings. The zero-order chi connectivity index (χ0) is 13.0. The Balaban J connectivity index is 3.41. The Morgan fingerprint density at radius 3 is 2.65 bits per heavy atom. The molecular formula is C10H6BrF2NO3. The van der Waals surface area contributed by atoms with E-state index in [0.29, 0.717) is 0 Å². The number of nitrogens with zero attached hydrogens (tertiary/aromatic N) is 1. The number of alkyl halides is 3. The van der Waals surface area contributed by atoms with Gasteiger partial charge < -0.3 is 9.84 Å². The predicted molar refractivity (Wildman–Crippen MR) is 57.4 cm³/mol. The molecule has 7 heteroatoms. The van der Waals surface area contributed by atoms with Crippen molar-refractivity contribution in [2.45, 2.75) is 11.9 Å². The number of carboxylic acid groups (broad SMARTS) is 1. The van der Waals surface area contributed by atoms with E-state index in [4.69, 9.17) is 10.4 Å². The molecule has 0 aromatic heterocycles. The van der Waals surface area contributed by atoms with Crippen LogP contribution in [0.4, 0.5) is 8.78 Å². The highest BCUT2D eigenvalue weighted by molar-refractivity contribution is 9.08. The normalized spacial score (nSPS) is 10.1. The molecule has 4 nitrogen and oxygen atoms in total. The fraction of sp³-hybridized carbons (Fsp3) is 0.200. The van der Waals surface area contributed by atoms with Crippen molar-refractivity contribution in [3.05, 3.63) is 28.8 Å². The first-order valence-corrected chi connectivity index (χ1v) is 5.42. The first-order valence-electron chi connectivity index (χ1n) is 4.30. The molecule has 0 radical (unpaired) electrons. The van der Waals surface area contributed by atoms with Crippen molar-refractivity contribution in [3.63, 3.8) is 0 Å². The van der Waals surface area contributed by atoms with Crippen molar-refractivity contribution >= 4 is 21.9 Å². The van der Waals surface area contributed by atoms with Crippen LogP contribution in [-0.2, 0) is 5.33 Å². The molecule has 0 aliphatic heterocycles. The largest absolute Gasteiger partial charge is 0.478 e. The van der Waals surface area contributed by atoms with Gasteiger partial charge in [-0.2, -0.15) is 14.0 Å². The molecule has 90 valence electrons. The molecule has 0 fully saturated rings. The van der Waals surface area contributed by atoms with E-state index in [1.165, 1.54) is 6.07 Å². The minimum Gasteiger partial charge on any atom is -0.478 e. The Morgan fingerprint density at radius 2 is 2.24 bits per heavy atom. The summed E-state index contributed by atoms with van der Waals surface area (Å²) in [4.78, 5) is 11.0. The number of aromatic carboxylic acids is 1. The van der Waals surface area contributed by atoms with E-state index in [1.54, 1.807) is 6.07 Å². The third-order valence-electron chi connectivity index (χ3n) is 1.89. The first-order chi connectivity index (χ1) is 7.99. The summed E-state index contributed by atoms with van der Waals surface area (Å²) in [6, 6.07) is 4.02. The lowest BCUT2D eigenvalue weighted by molar-refractivity contribution is -0.0503. The van der Waals surface area contributed by atoms with Crippen LogP contribution < -0.4 is 4.74 Å². The summed E-state index contributed by atoms with van der Waals surface area (Å²) < 4.78 is 28.4. The van der Waals surface area contributed by atoms with Crippen molar-refractivity contribution in [2.24, 2.45) is 0 Å². The quantitative estimate of drug-likeness (QED) is 0.868. The van der Waals surface area contributed by atoms with Crippen LogP contribution in [-0.4, -0.2) is 17.7 Å². The Bertz CT molecular complexity index is 485. The van der Waals surface area contributed by atoms with Crippen molar-refractivity contribution in [1.29, 1.82) is 5.26 Å². The number of nitriles is 1. The summed E-state index contributed by atoms with van der Waals surface area (Å²) in [5.74, 6) is -1.90. The molecule has 0 unspecified atom stereocenters. The fourth-order valence-electron chi connectivity index (χ4n) is 1.27. The van der Waals surface area contributed by atoms with Crippen LogP contribution in [0.25, 0.3) is 0 Å². The van der Waals surface area contributed by atoms with E-state index < -0.39 is 18.3 Å². The second-order valence-corrected chi connectivity index (χ2v) is 3.50. The van der Waals surface area contributed by atoms with E-state index in [9.17, 15) is 13.6 Å². The zero-order valence-corrected chi connectivity index (χ0v) is 9.87. The first kappa shape index (κ1) is 13.4. The summed E-state index contributed by atoms with van der Waals surface area (Å²) in [6.45, 7) is -3.15. The molecule has 0 heterocycles. The minimum atomic E-state index is -3.15. The second kappa shape index (κ2) is 5.59.